The van der Waals surface area contributed by atoms with E-state index < -0.39 is 14.6 Å². The number of benzene rings is 2. The highest BCUT2D eigenvalue weighted by Gasteiger charge is 2.16. The lowest BCUT2D eigenvalue weighted by Gasteiger charge is -2.18. The number of fused-ring (bicyclic) bond motifs is 1. The van der Waals surface area contributed by atoms with Gasteiger partial charge >= 0.3 is 7.82 Å². The Balaban J connectivity index is 1.74. The van der Waals surface area contributed by atoms with Crippen molar-refractivity contribution in [1.82, 2.24) is 0 Å². The fourth-order valence-electron chi connectivity index (χ4n) is 3.23. The largest absolute Gasteiger partial charge is 0.472 e. The number of carbonyl (C=O) groups excluding carboxylic acids is 1. The number of anilines is 1. The van der Waals surface area contributed by atoms with Crippen LogP contribution in [0.2, 0.25) is 0 Å². The van der Waals surface area contributed by atoms with Gasteiger partial charge in [0.2, 0.25) is 5.91 Å². The normalized spacial score (nSPS) is 13.9. The van der Waals surface area contributed by atoms with Crippen molar-refractivity contribution < 1.29 is 28.4 Å². The first kappa shape index (κ1) is 19.6. The minimum absolute atomic E-state index is 0.0558. The Bertz CT molecular complexity index is 897. The molecule has 0 unspecified atom stereocenters. The van der Waals surface area contributed by atoms with Crippen molar-refractivity contribution in [1.29, 1.82) is 0 Å². The van der Waals surface area contributed by atoms with Gasteiger partial charge in [-0.2, -0.15) is 0 Å². The molecule has 8 heteroatoms. The van der Waals surface area contributed by atoms with Crippen LogP contribution in [-0.4, -0.2) is 22.5 Å². The number of carbonyl (C=O) groups is 1. The number of nitrogens with one attached hydrogen (secondary N) is 1. The molecule has 0 aliphatic carbocycles. The maximum absolute atomic E-state index is 11.5. The predicted octanol–water partition coefficient (Wildman–Crippen LogP) is 3.22. The molecule has 3 N–H and O–H groups in total. The highest BCUT2D eigenvalue weighted by atomic mass is 31.2. The summed E-state index contributed by atoms with van der Waals surface area (Å²) in [6, 6.07) is 9.74. The lowest BCUT2D eigenvalue weighted by atomic mass is 9.93. The number of ether oxygens (including phenoxy) is 1. The average Bonchev–Trinajstić information content (AvgIpc) is 2.57. The SMILES string of the molecule is Cc1cc(OCOP(=O)(O)O)cc(C)c1Cc1ccc2c(c1)CCC(=O)N2. The number of rotatable bonds is 6. The zero-order valence-electron chi connectivity index (χ0n) is 15.2. The van der Waals surface area contributed by atoms with Gasteiger partial charge in [0.1, 0.15) is 5.75 Å². The van der Waals surface area contributed by atoms with Gasteiger partial charge in [-0.15, -0.1) is 0 Å². The van der Waals surface area contributed by atoms with Gasteiger partial charge in [-0.25, -0.2) is 9.09 Å². The minimum Gasteiger partial charge on any atom is -0.467 e. The molecule has 1 aliphatic heterocycles. The van der Waals surface area contributed by atoms with Gasteiger partial charge in [0, 0.05) is 12.1 Å². The zero-order chi connectivity index (χ0) is 19.6. The van der Waals surface area contributed by atoms with Crippen molar-refractivity contribution in [3.63, 3.8) is 0 Å². The van der Waals surface area contributed by atoms with E-state index in [1.807, 2.05) is 38.1 Å². The van der Waals surface area contributed by atoms with E-state index in [-0.39, 0.29) is 5.91 Å². The molecule has 3 rings (SSSR count). The number of phosphoric acid groups is 1. The molecule has 0 fully saturated rings. The van der Waals surface area contributed by atoms with E-state index in [9.17, 15) is 9.36 Å². The second-order valence-electron chi connectivity index (χ2n) is 6.63. The Morgan fingerprint density at radius 1 is 1.11 bits per heavy atom. The summed E-state index contributed by atoms with van der Waals surface area (Å²) in [6.45, 7) is 3.42. The smallest absolute Gasteiger partial charge is 0.467 e. The fourth-order valence-corrected chi connectivity index (χ4v) is 3.42. The standard InChI is InChI=1S/C19H22NO6P/c1-12-7-16(25-11-26-27(22,23)24)8-13(2)17(12)10-14-3-5-18-15(9-14)4-6-19(21)20-18/h3,5,7-9H,4,6,10-11H2,1-2H3,(H,20,21)(H2,22,23,24). The van der Waals surface area contributed by atoms with E-state index in [0.717, 1.165) is 46.3 Å². The quantitative estimate of drug-likeness (QED) is 0.516. The molecule has 0 saturated heterocycles. The van der Waals surface area contributed by atoms with Gasteiger partial charge in [-0.3, -0.25) is 4.79 Å². The van der Waals surface area contributed by atoms with E-state index >= 15 is 0 Å². The Morgan fingerprint density at radius 3 is 2.48 bits per heavy atom. The van der Waals surface area contributed by atoms with Crippen LogP contribution in [-0.2, 0) is 26.7 Å². The molecule has 2 aromatic carbocycles. The van der Waals surface area contributed by atoms with Crippen molar-refractivity contribution in [3.8, 4) is 5.75 Å². The Kier molecular flexibility index (Phi) is 5.67. The van der Waals surface area contributed by atoms with Crippen molar-refractivity contribution in [2.75, 3.05) is 12.1 Å². The lowest BCUT2D eigenvalue weighted by Crippen LogP contribution is -2.19. The van der Waals surface area contributed by atoms with E-state index in [0.29, 0.717) is 12.2 Å². The molecule has 0 atom stereocenters. The van der Waals surface area contributed by atoms with Crippen LogP contribution in [0.15, 0.2) is 30.3 Å². The van der Waals surface area contributed by atoms with Crippen molar-refractivity contribution >= 4 is 19.4 Å². The summed E-state index contributed by atoms with van der Waals surface area (Å²) < 4.78 is 20.3. The second-order valence-corrected chi connectivity index (χ2v) is 7.87. The molecule has 0 spiro atoms. The summed E-state index contributed by atoms with van der Waals surface area (Å²) in [5.74, 6) is 0.551. The van der Waals surface area contributed by atoms with Crippen LogP contribution in [0.1, 0.15) is 34.2 Å². The molecule has 1 aliphatic rings. The molecule has 1 heterocycles. The molecule has 1 amide bonds. The highest BCUT2D eigenvalue weighted by Crippen LogP contribution is 2.35. The van der Waals surface area contributed by atoms with Crippen LogP contribution >= 0.6 is 7.82 Å². The van der Waals surface area contributed by atoms with E-state index in [1.165, 1.54) is 0 Å². The molecule has 144 valence electrons. The molecule has 0 bridgehead atoms. The molecule has 0 saturated carbocycles. The third-order valence-corrected chi connectivity index (χ3v) is 5.00. The maximum atomic E-state index is 11.5. The number of amides is 1. The van der Waals surface area contributed by atoms with Crippen LogP contribution in [0, 0.1) is 13.8 Å². The van der Waals surface area contributed by atoms with Gasteiger partial charge in [-0.1, -0.05) is 12.1 Å². The molecule has 7 nitrogen and oxygen atoms in total. The first-order valence-electron chi connectivity index (χ1n) is 8.56. The van der Waals surface area contributed by atoms with Crippen molar-refractivity contribution in [2.24, 2.45) is 0 Å². The molecule has 2 aromatic rings. The zero-order valence-corrected chi connectivity index (χ0v) is 16.1. The Morgan fingerprint density at radius 2 is 1.81 bits per heavy atom. The average molecular weight is 391 g/mol. The van der Waals surface area contributed by atoms with Gasteiger partial charge in [-0.05, 0) is 72.7 Å². The molecular weight excluding hydrogens is 369 g/mol. The summed E-state index contributed by atoms with van der Waals surface area (Å²) >= 11 is 0. The minimum atomic E-state index is -4.55. The molecular formula is C19H22NO6P. The number of aryl methyl sites for hydroxylation is 3. The Labute approximate surface area is 157 Å². The summed E-state index contributed by atoms with van der Waals surface area (Å²) in [5.41, 5.74) is 6.40. The van der Waals surface area contributed by atoms with Crippen LogP contribution in [0.5, 0.6) is 5.75 Å². The fraction of sp³-hybridized carbons (Fsp3) is 0.316. The first-order chi connectivity index (χ1) is 12.7. The predicted molar refractivity (Wildman–Crippen MR) is 101 cm³/mol. The summed E-state index contributed by atoms with van der Waals surface area (Å²) in [5, 5.41) is 2.89. The van der Waals surface area contributed by atoms with Crippen molar-refractivity contribution in [2.45, 2.75) is 33.1 Å². The number of phosphoric ester groups is 1. The van der Waals surface area contributed by atoms with Crippen LogP contribution in [0.25, 0.3) is 0 Å². The Hall–Kier alpha value is -2.18. The van der Waals surface area contributed by atoms with Crippen LogP contribution in [0.4, 0.5) is 5.69 Å². The highest BCUT2D eigenvalue weighted by molar-refractivity contribution is 7.46. The molecule has 0 radical (unpaired) electrons. The van der Waals surface area contributed by atoms with E-state index in [1.54, 1.807) is 0 Å². The van der Waals surface area contributed by atoms with Crippen LogP contribution in [0.3, 0.4) is 0 Å². The number of hydrogen-bond acceptors (Lipinski definition) is 4. The third kappa shape index (κ3) is 5.17. The van der Waals surface area contributed by atoms with E-state index in [2.05, 4.69) is 15.9 Å². The maximum Gasteiger partial charge on any atom is 0.472 e. The topological polar surface area (TPSA) is 105 Å². The summed E-state index contributed by atoms with van der Waals surface area (Å²) in [6.07, 6.45) is 2.01. The lowest BCUT2D eigenvalue weighted by molar-refractivity contribution is -0.116. The number of hydrogen-bond donors (Lipinski definition) is 3. The molecule has 27 heavy (non-hydrogen) atoms. The van der Waals surface area contributed by atoms with Gasteiger partial charge in [0.25, 0.3) is 0 Å². The monoisotopic (exact) mass is 391 g/mol. The van der Waals surface area contributed by atoms with Gasteiger partial charge in [0.05, 0.1) is 0 Å². The third-order valence-electron chi connectivity index (χ3n) is 4.56. The van der Waals surface area contributed by atoms with Crippen molar-refractivity contribution in [3.05, 3.63) is 58.1 Å². The second kappa shape index (κ2) is 7.82. The van der Waals surface area contributed by atoms with Gasteiger partial charge in [0.15, 0.2) is 6.79 Å². The van der Waals surface area contributed by atoms with E-state index in [4.69, 9.17) is 14.5 Å². The summed E-state index contributed by atoms with van der Waals surface area (Å²) in [7, 11) is -4.55. The first-order valence-corrected chi connectivity index (χ1v) is 10.1. The summed E-state index contributed by atoms with van der Waals surface area (Å²) in [4.78, 5) is 28.9. The molecule has 0 aromatic heterocycles. The van der Waals surface area contributed by atoms with Crippen LogP contribution < -0.4 is 10.1 Å². The van der Waals surface area contributed by atoms with Gasteiger partial charge < -0.3 is 19.8 Å².